The average molecular weight is 511 g/mol. The number of nitrogens with zero attached hydrogens (tertiary/aromatic N) is 3. The molecule has 1 aliphatic rings. The maximum atomic E-state index is 13.7. The Bertz CT molecular complexity index is 1270. The number of amides is 2. The Hall–Kier alpha value is -3.85. The summed E-state index contributed by atoms with van der Waals surface area (Å²) >= 11 is 5.96. The highest BCUT2D eigenvalue weighted by Gasteiger charge is 2.49. The highest BCUT2D eigenvalue weighted by molar-refractivity contribution is 6.30. The van der Waals surface area contributed by atoms with Crippen molar-refractivity contribution in [2.24, 2.45) is 0 Å². The number of carbonyl (C=O) groups is 3. The fourth-order valence-electron chi connectivity index (χ4n) is 4.12. The molecular formula is C26H27ClN4O5. The minimum Gasteiger partial charge on any atom is -0.494 e. The zero-order valence-electron chi connectivity index (χ0n) is 20.3. The van der Waals surface area contributed by atoms with Gasteiger partial charge in [0.15, 0.2) is 5.69 Å². The summed E-state index contributed by atoms with van der Waals surface area (Å²) in [5.74, 6) is -0.820. The summed E-state index contributed by atoms with van der Waals surface area (Å²) in [5, 5.41) is 7.80. The van der Waals surface area contributed by atoms with Gasteiger partial charge in [-0.1, -0.05) is 23.7 Å². The number of benzene rings is 2. The van der Waals surface area contributed by atoms with Crippen molar-refractivity contribution in [3.8, 4) is 5.75 Å². The van der Waals surface area contributed by atoms with Gasteiger partial charge in [0, 0.05) is 23.3 Å². The summed E-state index contributed by atoms with van der Waals surface area (Å²) in [4.78, 5) is 41.1. The lowest BCUT2D eigenvalue weighted by Gasteiger charge is -2.43. The quantitative estimate of drug-likeness (QED) is 0.462. The number of rotatable bonds is 8. The number of halogens is 1. The minimum absolute atomic E-state index is 0.0117. The van der Waals surface area contributed by atoms with E-state index in [2.05, 4.69) is 10.4 Å². The highest BCUT2D eigenvalue weighted by Crippen LogP contribution is 2.34. The predicted molar refractivity (Wildman–Crippen MR) is 134 cm³/mol. The van der Waals surface area contributed by atoms with Crippen LogP contribution in [0.2, 0.25) is 5.02 Å². The molecule has 1 aromatic heterocycles. The van der Waals surface area contributed by atoms with Crippen LogP contribution in [0.15, 0.2) is 54.6 Å². The SMILES string of the molecule is CCOC(=O)c1cc2n(n1)C[C@@](C)(C(=O)NCc1ccc(Cl)cc1)N(c1ccc(OCC)cc1)C2=O. The average Bonchev–Trinajstić information content (AvgIpc) is 3.29. The van der Waals surface area contributed by atoms with Crippen molar-refractivity contribution in [1.82, 2.24) is 15.1 Å². The van der Waals surface area contributed by atoms with Crippen molar-refractivity contribution in [2.75, 3.05) is 18.1 Å². The number of fused-ring (bicyclic) bond motifs is 1. The molecule has 0 radical (unpaired) electrons. The fourth-order valence-corrected chi connectivity index (χ4v) is 4.25. The van der Waals surface area contributed by atoms with E-state index in [0.29, 0.717) is 23.1 Å². The molecule has 0 fully saturated rings. The van der Waals surface area contributed by atoms with Gasteiger partial charge in [-0.2, -0.15) is 5.10 Å². The van der Waals surface area contributed by atoms with Crippen LogP contribution in [0.4, 0.5) is 5.69 Å². The zero-order chi connectivity index (χ0) is 25.9. The van der Waals surface area contributed by atoms with Crippen LogP contribution in [-0.4, -0.2) is 46.3 Å². The van der Waals surface area contributed by atoms with Gasteiger partial charge in [0.1, 0.15) is 17.0 Å². The van der Waals surface area contributed by atoms with E-state index < -0.39 is 17.4 Å². The van der Waals surface area contributed by atoms with Crippen molar-refractivity contribution < 1.29 is 23.9 Å². The number of anilines is 1. The zero-order valence-corrected chi connectivity index (χ0v) is 21.0. The second-order valence-corrected chi connectivity index (χ2v) is 8.88. The van der Waals surface area contributed by atoms with Gasteiger partial charge in [0.2, 0.25) is 5.91 Å². The number of aromatic nitrogens is 2. The summed E-state index contributed by atoms with van der Waals surface area (Å²) in [6, 6.07) is 15.5. The van der Waals surface area contributed by atoms with Crippen LogP contribution in [0.1, 0.15) is 47.3 Å². The highest BCUT2D eigenvalue weighted by atomic mass is 35.5. The van der Waals surface area contributed by atoms with Gasteiger partial charge in [-0.25, -0.2) is 4.79 Å². The van der Waals surface area contributed by atoms with E-state index in [4.69, 9.17) is 21.1 Å². The second kappa shape index (κ2) is 10.4. The number of ether oxygens (including phenoxy) is 2. The van der Waals surface area contributed by atoms with Gasteiger partial charge >= 0.3 is 5.97 Å². The molecule has 4 rings (SSSR count). The summed E-state index contributed by atoms with van der Waals surface area (Å²) in [7, 11) is 0. The third-order valence-electron chi connectivity index (χ3n) is 5.90. The van der Waals surface area contributed by atoms with E-state index in [1.54, 1.807) is 50.2 Å². The topological polar surface area (TPSA) is 103 Å². The Balaban J connectivity index is 1.70. The molecule has 36 heavy (non-hydrogen) atoms. The first kappa shape index (κ1) is 25.2. The molecule has 9 nitrogen and oxygen atoms in total. The minimum atomic E-state index is -1.35. The third-order valence-corrected chi connectivity index (χ3v) is 6.15. The molecule has 0 saturated carbocycles. The Labute approximate surface area is 213 Å². The van der Waals surface area contributed by atoms with Crippen molar-refractivity contribution in [3.05, 3.63) is 76.6 Å². The van der Waals surface area contributed by atoms with Gasteiger partial charge in [0.05, 0.1) is 19.8 Å². The van der Waals surface area contributed by atoms with Crippen LogP contribution >= 0.6 is 11.6 Å². The van der Waals surface area contributed by atoms with E-state index >= 15 is 0 Å². The lowest BCUT2D eigenvalue weighted by Crippen LogP contribution is -2.64. The predicted octanol–water partition coefficient (Wildman–Crippen LogP) is 3.85. The van der Waals surface area contributed by atoms with Gasteiger partial charge in [-0.05, 0) is 62.7 Å². The number of esters is 1. The molecule has 0 saturated heterocycles. The summed E-state index contributed by atoms with van der Waals surface area (Å²) in [6.45, 7) is 6.21. The number of nitrogens with one attached hydrogen (secondary N) is 1. The van der Waals surface area contributed by atoms with E-state index in [9.17, 15) is 14.4 Å². The molecule has 0 aliphatic carbocycles. The molecule has 0 bridgehead atoms. The molecule has 10 heteroatoms. The first-order chi connectivity index (χ1) is 17.3. The molecule has 1 atom stereocenters. The van der Waals surface area contributed by atoms with Crippen molar-refractivity contribution in [1.29, 1.82) is 0 Å². The lowest BCUT2D eigenvalue weighted by molar-refractivity contribution is -0.126. The molecule has 2 amide bonds. The molecule has 1 aliphatic heterocycles. The van der Waals surface area contributed by atoms with Crippen LogP contribution < -0.4 is 15.0 Å². The summed E-state index contributed by atoms with van der Waals surface area (Å²) < 4.78 is 12.0. The van der Waals surface area contributed by atoms with Gasteiger partial charge in [0.25, 0.3) is 5.91 Å². The molecule has 1 N–H and O–H groups in total. The fraction of sp³-hybridized carbons (Fsp3) is 0.308. The van der Waals surface area contributed by atoms with Crippen LogP contribution in [-0.2, 0) is 22.6 Å². The van der Waals surface area contributed by atoms with Gasteiger partial charge in [-0.3, -0.25) is 19.2 Å². The van der Waals surface area contributed by atoms with Crippen molar-refractivity contribution in [3.63, 3.8) is 0 Å². The molecule has 188 valence electrons. The smallest absolute Gasteiger partial charge is 0.358 e. The van der Waals surface area contributed by atoms with E-state index in [1.165, 1.54) is 15.6 Å². The third kappa shape index (κ3) is 4.92. The monoisotopic (exact) mass is 510 g/mol. The first-order valence-electron chi connectivity index (χ1n) is 11.6. The summed E-state index contributed by atoms with van der Waals surface area (Å²) in [6.07, 6.45) is 0. The second-order valence-electron chi connectivity index (χ2n) is 8.44. The molecule has 3 aromatic rings. The van der Waals surface area contributed by atoms with Crippen LogP contribution in [0.5, 0.6) is 5.75 Å². The van der Waals surface area contributed by atoms with E-state index in [1.807, 2.05) is 19.1 Å². The van der Waals surface area contributed by atoms with E-state index in [0.717, 1.165) is 5.56 Å². The molecule has 0 unspecified atom stereocenters. The van der Waals surface area contributed by atoms with E-state index in [-0.39, 0.29) is 37.0 Å². The summed E-state index contributed by atoms with van der Waals surface area (Å²) in [5.41, 5.74) is 0.225. The van der Waals surface area contributed by atoms with Gasteiger partial charge in [-0.15, -0.1) is 0 Å². The maximum absolute atomic E-state index is 13.7. The van der Waals surface area contributed by atoms with Gasteiger partial charge < -0.3 is 14.8 Å². The number of carbonyl (C=O) groups excluding carboxylic acids is 3. The standard InChI is InChI=1S/C26H27ClN4O5/c1-4-35-20-12-10-19(11-13-20)31-23(32)22-14-21(24(33)36-5-2)29-30(22)16-26(31,3)25(34)28-15-17-6-8-18(27)9-7-17/h6-14H,4-5,15-16H2,1-3H3,(H,28,34)/t26-/m0/s1. The largest absolute Gasteiger partial charge is 0.494 e. The molecule has 2 aromatic carbocycles. The molecular weight excluding hydrogens is 484 g/mol. The van der Waals surface area contributed by atoms with Crippen LogP contribution in [0, 0.1) is 0 Å². The Kier molecular flexibility index (Phi) is 7.30. The molecule has 0 spiro atoms. The Morgan fingerprint density at radius 1 is 1.08 bits per heavy atom. The maximum Gasteiger partial charge on any atom is 0.358 e. The van der Waals surface area contributed by atoms with Crippen LogP contribution in [0.25, 0.3) is 0 Å². The Morgan fingerprint density at radius 2 is 1.78 bits per heavy atom. The first-order valence-corrected chi connectivity index (χ1v) is 12.0. The number of hydrogen-bond acceptors (Lipinski definition) is 6. The Morgan fingerprint density at radius 3 is 2.42 bits per heavy atom. The normalized spacial score (nSPS) is 16.9. The molecule has 2 heterocycles. The lowest BCUT2D eigenvalue weighted by atomic mass is 9.93. The number of hydrogen-bond donors (Lipinski definition) is 1. The van der Waals surface area contributed by atoms with Crippen molar-refractivity contribution >= 4 is 35.1 Å². The van der Waals surface area contributed by atoms with Crippen molar-refractivity contribution in [2.45, 2.75) is 39.4 Å². The van der Waals surface area contributed by atoms with Crippen LogP contribution in [0.3, 0.4) is 0 Å².